The van der Waals surface area contributed by atoms with Crippen LogP contribution in [0.3, 0.4) is 0 Å². The second kappa shape index (κ2) is 5.03. The summed E-state index contributed by atoms with van der Waals surface area (Å²) in [5, 5.41) is 15.4. The maximum atomic E-state index is 11.9. The van der Waals surface area contributed by atoms with Gasteiger partial charge in [-0.3, -0.25) is 10.1 Å². The maximum absolute atomic E-state index is 11.9. The van der Waals surface area contributed by atoms with E-state index in [-0.39, 0.29) is 12.6 Å². The number of hydrogen-bond acceptors (Lipinski definition) is 4. The van der Waals surface area contributed by atoms with Crippen LogP contribution < -0.4 is 5.32 Å². The van der Waals surface area contributed by atoms with E-state index >= 15 is 0 Å². The zero-order valence-corrected chi connectivity index (χ0v) is 10.0. The summed E-state index contributed by atoms with van der Waals surface area (Å²) in [4.78, 5) is 28.2. The highest BCUT2D eigenvalue weighted by Gasteiger charge is 2.28. The van der Waals surface area contributed by atoms with Gasteiger partial charge in [0, 0.05) is 20.1 Å². The number of nitrogens with one attached hydrogen (secondary N) is 1. The zero-order chi connectivity index (χ0) is 13.1. The molecule has 2 rings (SSSR count). The molecule has 0 radical (unpaired) electrons. The van der Waals surface area contributed by atoms with Crippen molar-refractivity contribution >= 4 is 17.9 Å². The third-order valence-electron chi connectivity index (χ3n) is 2.99. The molecule has 0 aliphatic carbocycles. The summed E-state index contributed by atoms with van der Waals surface area (Å²) < 4.78 is 1.44. The average Bonchev–Trinajstić information content (AvgIpc) is 2.75. The highest BCUT2D eigenvalue weighted by atomic mass is 16.4. The van der Waals surface area contributed by atoms with E-state index in [0.29, 0.717) is 25.3 Å². The lowest BCUT2D eigenvalue weighted by Gasteiger charge is -2.30. The Morgan fingerprint density at radius 1 is 1.56 bits per heavy atom. The molecule has 0 aromatic carbocycles. The summed E-state index contributed by atoms with van der Waals surface area (Å²) in [5.74, 6) is -0.993. The molecule has 0 spiro atoms. The molecular weight excluding hydrogens is 238 g/mol. The predicted octanol–water partition coefficient (Wildman–Crippen LogP) is 0.144. The lowest BCUT2D eigenvalue weighted by molar-refractivity contribution is -0.143. The minimum absolute atomic E-state index is 0.235. The number of carboxylic acids is 1. The Morgan fingerprint density at radius 3 is 2.94 bits per heavy atom. The van der Waals surface area contributed by atoms with Crippen LogP contribution in [0.15, 0.2) is 6.33 Å². The van der Waals surface area contributed by atoms with Crippen LogP contribution in [0.2, 0.25) is 0 Å². The largest absolute Gasteiger partial charge is 0.481 e. The Kier molecular flexibility index (Phi) is 3.45. The van der Waals surface area contributed by atoms with Crippen molar-refractivity contribution in [2.75, 3.05) is 18.4 Å². The van der Waals surface area contributed by atoms with Gasteiger partial charge >= 0.3 is 12.0 Å². The minimum Gasteiger partial charge on any atom is -0.481 e. The number of carbonyl (C=O) groups excluding carboxylic acids is 1. The van der Waals surface area contributed by atoms with Gasteiger partial charge in [-0.25, -0.2) is 9.48 Å². The van der Waals surface area contributed by atoms with Crippen LogP contribution in [0.1, 0.15) is 12.8 Å². The molecule has 8 nitrogen and oxygen atoms in total. The van der Waals surface area contributed by atoms with E-state index < -0.39 is 11.9 Å². The van der Waals surface area contributed by atoms with E-state index in [4.69, 9.17) is 5.11 Å². The van der Waals surface area contributed by atoms with E-state index in [1.807, 2.05) is 0 Å². The topological polar surface area (TPSA) is 100 Å². The third-order valence-corrected chi connectivity index (χ3v) is 2.99. The van der Waals surface area contributed by atoms with E-state index in [1.165, 1.54) is 15.9 Å². The number of aromatic nitrogens is 3. The number of aryl methyl sites for hydroxylation is 1. The van der Waals surface area contributed by atoms with Gasteiger partial charge in [0.05, 0.1) is 5.92 Å². The van der Waals surface area contributed by atoms with Gasteiger partial charge in [-0.1, -0.05) is 0 Å². The molecule has 0 saturated carbocycles. The molecule has 18 heavy (non-hydrogen) atoms. The van der Waals surface area contributed by atoms with E-state index in [1.54, 1.807) is 7.05 Å². The van der Waals surface area contributed by atoms with Crippen molar-refractivity contribution in [2.45, 2.75) is 12.8 Å². The number of likely N-dealkylation sites (tertiary alicyclic amines) is 1. The molecule has 1 aromatic rings. The smallest absolute Gasteiger partial charge is 0.324 e. The van der Waals surface area contributed by atoms with Gasteiger partial charge in [0.1, 0.15) is 6.33 Å². The molecule has 1 atom stereocenters. The third kappa shape index (κ3) is 2.58. The monoisotopic (exact) mass is 253 g/mol. The molecule has 1 fully saturated rings. The van der Waals surface area contributed by atoms with E-state index in [9.17, 15) is 9.59 Å². The molecule has 0 bridgehead atoms. The van der Waals surface area contributed by atoms with Crippen LogP contribution in [0.5, 0.6) is 0 Å². The Hall–Kier alpha value is -2.12. The number of piperidine rings is 1. The summed E-state index contributed by atoms with van der Waals surface area (Å²) >= 11 is 0. The van der Waals surface area contributed by atoms with Gasteiger partial charge in [-0.2, -0.15) is 10.1 Å². The molecule has 8 heteroatoms. The average molecular weight is 253 g/mol. The van der Waals surface area contributed by atoms with Crippen molar-refractivity contribution < 1.29 is 14.7 Å². The Bertz CT molecular complexity index is 458. The van der Waals surface area contributed by atoms with Crippen LogP contribution in [0.25, 0.3) is 0 Å². The highest BCUT2D eigenvalue weighted by molar-refractivity contribution is 5.88. The minimum atomic E-state index is -0.855. The maximum Gasteiger partial charge on any atom is 0.324 e. The van der Waals surface area contributed by atoms with Gasteiger partial charge in [0.2, 0.25) is 5.95 Å². The Balaban J connectivity index is 1.97. The fourth-order valence-electron chi connectivity index (χ4n) is 1.95. The summed E-state index contributed by atoms with van der Waals surface area (Å²) in [6.45, 7) is 0.798. The van der Waals surface area contributed by atoms with Crippen molar-refractivity contribution in [1.29, 1.82) is 0 Å². The first-order valence-electron chi connectivity index (χ1n) is 5.70. The number of aliphatic carboxylic acids is 1. The molecule has 0 unspecified atom stereocenters. The van der Waals surface area contributed by atoms with Gasteiger partial charge in [0.15, 0.2) is 0 Å². The second-order valence-electron chi connectivity index (χ2n) is 4.26. The molecule has 98 valence electrons. The van der Waals surface area contributed by atoms with Crippen LogP contribution in [0.4, 0.5) is 10.7 Å². The van der Waals surface area contributed by atoms with Crippen molar-refractivity contribution in [3.05, 3.63) is 6.33 Å². The SMILES string of the molecule is Cn1ncnc1NC(=O)N1CCC[C@@H](C(=O)O)C1. The van der Waals surface area contributed by atoms with Crippen molar-refractivity contribution in [1.82, 2.24) is 19.7 Å². The number of amides is 2. The summed E-state index contributed by atoms with van der Waals surface area (Å²) in [6.07, 6.45) is 2.65. The van der Waals surface area contributed by atoms with Crippen molar-refractivity contribution in [2.24, 2.45) is 13.0 Å². The molecule has 2 N–H and O–H groups in total. The van der Waals surface area contributed by atoms with E-state index in [0.717, 1.165) is 0 Å². The zero-order valence-electron chi connectivity index (χ0n) is 10.0. The lowest BCUT2D eigenvalue weighted by atomic mass is 9.99. The molecule has 2 heterocycles. The summed E-state index contributed by atoms with van der Waals surface area (Å²) in [7, 11) is 1.67. The van der Waals surface area contributed by atoms with Crippen molar-refractivity contribution in [3.8, 4) is 0 Å². The molecule has 1 saturated heterocycles. The Labute approximate surface area is 104 Å². The van der Waals surface area contributed by atoms with Crippen LogP contribution >= 0.6 is 0 Å². The lowest BCUT2D eigenvalue weighted by Crippen LogP contribution is -2.44. The number of urea groups is 1. The van der Waals surface area contributed by atoms with Gasteiger partial charge in [-0.15, -0.1) is 0 Å². The van der Waals surface area contributed by atoms with Crippen LogP contribution in [0, 0.1) is 5.92 Å². The fraction of sp³-hybridized carbons (Fsp3) is 0.600. The Morgan fingerprint density at radius 2 is 2.33 bits per heavy atom. The number of nitrogens with zero attached hydrogens (tertiary/aromatic N) is 4. The van der Waals surface area contributed by atoms with Crippen LogP contribution in [-0.2, 0) is 11.8 Å². The van der Waals surface area contributed by atoms with Crippen molar-refractivity contribution in [3.63, 3.8) is 0 Å². The number of hydrogen-bond donors (Lipinski definition) is 2. The standard InChI is InChI=1S/C10H15N5O3/c1-14-9(11-6-12-14)13-10(18)15-4-2-3-7(5-15)8(16)17/h6-7H,2-5H2,1H3,(H,16,17)(H,11,12,13,18)/t7-/m1/s1. The number of carboxylic acid groups (broad SMARTS) is 1. The molecular formula is C10H15N5O3. The van der Waals surface area contributed by atoms with Gasteiger partial charge in [-0.05, 0) is 12.8 Å². The fourth-order valence-corrected chi connectivity index (χ4v) is 1.95. The van der Waals surface area contributed by atoms with Crippen LogP contribution in [-0.4, -0.2) is 49.9 Å². The molecule has 1 aliphatic rings. The molecule has 1 aromatic heterocycles. The predicted molar refractivity (Wildman–Crippen MR) is 62.0 cm³/mol. The molecule has 2 amide bonds. The second-order valence-corrected chi connectivity index (χ2v) is 4.26. The number of anilines is 1. The highest BCUT2D eigenvalue weighted by Crippen LogP contribution is 2.17. The first kappa shape index (κ1) is 12.3. The van der Waals surface area contributed by atoms with E-state index in [2.05, 4.69) is 15.4 Å². The normalized spacial score (nSPS) is 19.6. The summed E-state index contributed by atoms with van der Waals surface area (Å²) in [5.41, 5.74) is 0. The number of carbonyl (C=O) groups is 2. The first-order chi connectivity index (χ1) is 8.58. The number of rotatable bonds is 2. The summed E-state index contributed by atoms with van der Waals surface area (Å²) in [6, 6.07) is -0.336. The van der Waals surface area contributed by atoms with Gasteiger partial charge in [0.25, 0.3) is 0 Å². The van der Waals surface area contributed by atoms with Gasteiger partial charge < -0.3 is 10.0 Å². The quantitative estimate of drug-likeness (QED) is 0.781. The first-order valence-corrected chi connectivity index (χ1v) is 5.70. The molecule has 1 aliphatic heterocycles.